The summed E-state index contributed by atoms with van der Waals surface area (Å²) in [7, 11) is 0. The molecule has 12 nitrogen and oxygen atoms in total. The molecule has 2 aromatic rings. The number of aliphatic hydroxyl groups excluding tert-OH is 1. The second-order valence-electron chi connectivity index (χ2n) is 8.58. The highest BCUT2D eigenvalue weighted by Crippen LogP contribution is 2.26. The van der Waals surface area contributed by atoms with E-state index in [1.165, 1.54) is 0 Å². The second kappa shape index (κ2) is 11.1. The van der Waals surface area contributed by atoms with Crippen LogP contribution in [0.5, 0.6) is 0 Å². The normalized spacial score (nSPS) is 17.5. The molecule has 4 rings (SSSR count). The molecule has 0 radical (unpaired) electrons. The quantitative estimate of drug-likeness (QED) is 0.402. The van der Waals surface area contributed by atoms with Gasteiger partial charge in [0.1, 0.15) is 29.1 Å². The lowest BCUT2D eigenvalue weighted by Gasteiger charge is -2.37. The first-order chi connectivity index (χ1) is 17.0. The highest BCUT2D eigenvalue weighted by atomic mass is 16.3. The number of aliphatic hydroxyl groups is 1. The fourth-order valence-corrected chi connectivity index (χ4v) is 4.38. The number of nitrogens with zero attached hydrogens (tertiary/aromatic N) is 7. The van der Waals surface area contributed by atoms with Gasteiger partial charge in [0, 0.05) is 45.5 Å². The van der Waals surface area contributed by atoms with Crippen molar-refractivity contribution in [3.8, 4) is 6.07 Å². The van der Waals surface area contributed by atoms with Crippen LogP contribution in [0, 0.1) is 16.7 Å². The second-order valence-corrected chi connectivity index (χ2v) is 8.58. The zero-order valence-electron chi connectivity index (χ0n) is 19.5. The largest absolute Gasteiger partial charge is 0.377 e. The first kappa shape index (κ1) is 24.3. The topological polar surface area (TPSA) is 171 Å². The fraction of sp³-hybridized carbons (Fsp3) is 0.478. The number of primary amides is 1. The van der Waals surface area contributed by atoms with Crippen molar-refractivity contribution in [2.24, 2.45) is 5.73 Å². The van der Waals surface area contributed by atoms with E-state index >= 15 is 0 Å². The lowest BCUT2D eigenvalue weighted by atomic mass is 10.1. The SMILES string of the molecule is N#CCC(O)N1CCN(c2ccc(Nc3nc(N4CCCCC4)nc(C=N)c3C(N)=O)cn2)CC1. The third kappa shape index (κ3) is 5.64. The molecule has 4 heterocycles. The number of piperazine rings is 1. The van der Waals surface area contributed by atoms with Crippen molar-refractivity contribution < 1.29 is 9.90 Å². The zero-order chi connectivity index (χ0) is 24.8. The van der Waals surface area contributed by atoms with Crippen molar-refractivity contribution in [2.75, 3.05) is 54.4 Å². The number of anilines is 4. The summed E-state index contributed by atoms with van der Waals surface area (Å²) in [5.74, 6) is 0.798. The van der Waals surface area contributed by atoms with Gasteiger partial charge in [-0.3, -0.25) is 9.69 Å². The molecule has 1 amide bonds. The number of hydrogen-bond acceptors (Lipinski definition) is 11. The van der Waals surface area contributed by atoms with Crippen LogP contribution in [0.1, 0.15) is 41.7 Å². The summed E-state index contributed by atoms with van der Waals surface area (Å²) in [5.41, 5.74) is 6.48. The van der Waals surface area contributed by atoms with Gasteiger partial charge in [0.25, 0.3) is 5.91 Å². The molecule has 1 unspecified atom stereocenters. The molecule has 0 spiro atoms. The average Bonchev–Trinajstić information content (AvgIpc) is 2.89. The number of carbonyl (C=O) groups excluding carboxylic acids is 1. The average molecular weight is 479 g/mol. The van der Waals surface area contributed by atoms with Gasteiger partial charge in [0.15, 0.2) is 0 Å². The van der Waals surface area contributed by atoms with Gasteiger partial charge in [0.2, 0.25) is 5.95 Å². The fourth-order valence-electron chi connectivity index (χ4n) is 4.38. The van der Waals surface area contributed by atoms with Gasteiger partial charge >= 0.3 is 0 Å². The molecule has 0 aliphatic carbocycles. The number of nitrogens with one attached hydrogen (secondary N) is 2. The van der Waals surface area contributed by atoms with Gasteiger partial charge in [-0.2, -0.15) is 10.2 Å². The number of amides is 1. The molecule has 2 aliphatic heterocycles. The van der Waals surface area contributed by atoms with Crippen molar-refractivity contribution >= 4 is 35.4 Å². The Hall–Kier alpha value is -3.82. The van der Waals surface area contributed by atoms with E-state index in [0.29, 0.717) is 37.8 Å². The Bertz CT molecular complexity index is 1090. The van der Waals surface area contributed by atoms with Crippen molar-refractivity contribution in [3.63, 3.8) is 0 Å². The molecule has 12 heteroatoms. The van der Waals surface area contributed by atoms with Crippen LogP contribution in [-0.4, -0.2) is 82.6 Å². The van der Waals surface area contributed by atoms with Gasteiger partial charge in [-0.1, -0.05) is 0 Å². The Labute approximate surface area is 203 Å². The number of nitriles is 1. The molecule has 2 aliphatic rings. The van der Waals surface area contributed by atoms with E-state index in [1.807, 2.05) is 23.1 Å². The van der Waals surface area contributed by atoms with Crippen molar-refractivity contribution in [1.29, 1.82) is 10.7 Å². The van der Waals surface area contributed by atoms with Crippen LogP contribution in [0.25, 0.3) is 0 Å². The summed E-state index contributed by atoms with van der Waals surface area (Å²) >= 11 is 0. The van der Waals surface area contributed by atoms with Crippen LogP contribution in [0.3, 0.4) is 0 Å². The van der Waals surface area contributed by atoms with Gasteiger partial charge in [-0.15, -0.1) is 0 Å². The third-order valence-corrected chi connectivity index (χ3v) is 6.29. The highest BCUT2D eigenvalue weighted by molar-refractivity contribution is 6.04. The van der Waals surface area contributed by atoms with E-state index < -0.39 is 12.1 Å². The monoisotopic (exact) mass is 478 g/mol. The summed E-state index contributed by atoms with van der Waals surface area (Å²) in [5, 5.41) is 29.7. The van der Waals surface area contributed by atoms with E-state index in [1.54, 1.807) is 6.20 Å². The molecule has 35 heavy (non-hydrogen) atoms. The summed E-state index contributed by atoms with van der Waals surface area (Å²) < 4.78 is 0. The van der Waals surface area contributed by atoms with E-state index in [-0.39, 0.29) is 23.5 Å². The maximum absolute atomic E-state index is 12.2. The van der Waals surface area contributed by atoms with Gasteiger partial charge < -0.3 is 31.4 Å². The molecular formula is C23H30N10O2. The molecule has 184 valence electrons. The van der Waals surface area contributed by atoms with E-state index in [2.05, 4.69) is 30.1 Å². The molecule has 2 fully saturated rings. The Morgan fingerprint density at radius 3 is 2.51 bits per heavy atom. The van der Waals surface area contributed by atoms with E-state index in [0.717, 1.165) is 44.4 Å². The number of pyridine rings is 1. The van der Waals surface area contributed by atoms with Gasteiger partial charge in [-0.05, 0) is 31.4 Å². The maximum atomic E-state index is 12.2. The van der Waals surface area contributed by atoms with Crippen LogP contribution in [0.2, 0.25) is 0 Å². The lowest BCUT2D eigenvalue weighted by molar-refractivity contribution is 0.00424. The molecule has 2 aromatic heterocycles. The Balaban J connectivity index is 1.50. The maximum Gasteiger partial charge on any atom is 0.254 e. The Kier molecular flexibility index (Phi) is 7.69. The number of rotatable bonds is 8. The molecule has 0 saturated carbocycles. The molecule has 0 bridgehead atoms. The van der Waals surface area contributed by atoms with Crippen LogP contribution in [0.4, 0.5) is 23.3 Å². The van der Waals surface area contributed by atoms with Crippen molar-refractivity contribution in [3.05, 3.63) is 29.6 Å². The summed E-state index contributed by atoms with van der Waals surface area (Å²) in [6, 6.07) is 5.71. The smallest absolute Gasteiger partial charge is 0.254 e. The first-order valence-corrected chi connectivity index (χ1v) is 11.7. The summed E-state index contributed by atoms with van der Waals surface area (Å²) in [6.45, 7) is 4.29. The Morgan fingerprint density at radius 2 is 1.91 bits per heavy atom. The third-order valence-electron chi connectivity index (χ3n) is 6.29. The minimum atomic E-state index is -0.741. The van der Waals surface area contributed by atoms with Crippen LogP contribution < -0.4 is 20.9 Å². The molecule has 2 saturated heterocycles. The summed E-state index contributed by atoms with van der Waals surface area (Å²) in [6.07, 6.45) is 5.27. The van der Waals surface area contributed by atoms with E-state index in [9.17, 15) is 9.90 Å². The predicted molar refractivity (Wildman–Crippen MR) is 132 cm³/mol. The van der Waals surface area contributed by atoms with E-state index in [4.69, 9.17) is 16.4 Å². The first-order valence-electron chi connectivity index (χ1n) is 11.7. The predicted octanol–water partition coefficient (Wildman–Crippen LogP) is 1.06. The van der Waals surface area contributed by atoms with Crippen molar-refractivity contribution in [1.82, 2.24) is 19.9 Å². The molecule has 1 atom stereocenters. The Morgan fingerprint density at radius 1 is 1.17 bits per heavy atom. The van der Waals surface area contributed by atoms with Gasteiger partial charge in [0.05, 0.1) is 24.4 Å². The summed E-state index contributed by atoms with van der Waals surface area (Å²) in [4.78, 5) is 31.8. The lowest BCUT2D eigenvalue weighted by Crippen LogP contribution is -2.50. The number of carbonyl (C=O) groups is 1. The van der Waals surface area contributed by atoms with Crippen LogP contribution >= 0.6 is 0 Å². The number of nitrogens with two attached hydrogens (primary N) is 1. The van der Waals surface area contributed by atoms with Crippen LogP contribution in [0.15, 0.2) is 18.3 Å². The zero-order valence-corrected chi connectivity index (χ0v) is 19.5. The standard InChI is InChI=1S/C23H30N10O2/c24-7-6-19(34)32-12-10-31(11-13-32)18-5-4-16(15-27-18)28-22-20(21(26)35)17(14-25)29-23(30-22)33-8-2-1-3-9-33/h4-5,14-15,19,25,34H,1-3,6,8-13H2,(H2,26,35)(H,28,29,30). The van der Waals surface area contributed by atoms with Gasteiger partial charge in [-0.25, -0.2) is 9.97 Å². The van der Waals surface area contributed by atoms with Crippen molar-refractivity contribution in [2.45, 2.75) is 31.9 Å². The molecule has 5 N–H and O–H groups in total. The number of piperidine rings is 1. The van der Waals surface area contributed by atoms with Crippen LogP contribution in [-0.2, 0) is 0 Å². The molecule has 0 aromatic carbocycles. The molecular weight excluding hydrogens is 448 g/mol. The highest BCUT2D eigenvalue weighted by Gasteiger charge is 2.24. The minimum Gasteiger partial charge on any atom is -0.377 e. The number of aromatic nitrogens is 3. The minimum absolute atomic E-state index is 0.0666. The number of hydrogen-bond donors (Lipinski definition) is 4.